The lowest BCUT2D eigenvalue weighted by Crippen LogP contribution is -2.30. The fraction of sp³-hybridized carbons (Fsp3) is 0.0455. The molecule has 0 aliphatic carbocycles. The van der Waals surface area contributed by atoms with Crippen LogP contribution in [0.1, 0.15) is 26.7 Å². The maximum atomic E-state index is 13.9. The Morgan fingerprint density at radius 3 is 2.31 bits per heavy atom. The molecule has 0 aliphatic heterocycles. The molecule has 0 radical (unpaired) electrons. The van der Waals surface area contributed by atoms with E-state index in [2.05, 4.69) is 40.2 Å². The largest absolute Gasteiger partial charge is 0.508 e. The first-order chi connectivity index (χ1) is 26.8. The number of phenolic OH excluding ortho intramolecular Hbond substituents is 1. The molecule has 0 bridgehead atoms. The topological polar surface area (TPSA) is 130 Å². The normalized spacial score (nSPS) is 11.8. The van der Waals surface area contributed by atoms with Crippen molar-refractivity contribution in [1.29, 1.82) is 0 Å². The molecular formula is C44H34N4O5S2. The number of phenols is 1. The summed E-state index contributed by atoms with van der Waals surface area (Å²) in [6.45, 7) is 0. The van der Waals surface area contributed by atoms with Crippen molar-refractivity contribution in [2.45, 2.75) is 10.1 Å². The number of methoxy groups -OCH3 is 1. The molecule has 0 saturated carbocycles. The predicted molar refractivity (Wildman–Crippen MR) is 220 cm³/mol. The quantitative estimate of drug-likeness (QED) is 0.0721. The number of aromatic hydroxyl groups is 1. The number of hydrogen-bond donors (Lipinski definition) is 4. The molecule has 1 unspecified atom stereocenters. The van der Waals surface area contributed by atoms with Crippen molar-refractivity contribution < 1.29 is 24.2 Å². The van der Waals surface area contributed by atoms with E-state index in [1.54, 1.807) is 54.6 Å². The summed E-state index contributed by atoms with van der Waals surface area (Å²) in [7, 11) is 1.45. The fourth-order valence-electron chi connectivity index (χ4n) is 5.78. The van der Waals surface area contributed by atoms with E-state index in [1.165, 1.54) is 48.4 Å². The average molecular weight is 763 g/mol. The third-order valence-electron chi connectivity index (χ3n) is 8.51. The lowest BCUT2D eigenvalue weighted by Gasteiger charge is -2.17. The maximum absolute atomic E-state index is 13.9. The molecule has 4 N–H and O–H groups in total. The number of benzene rings is 6. The van der Waals surface area contributed by atoms with Gasteiger partial charge in [-0.1, -0.05) is 91.0 Å². The molecule has 55 heavy (non-hydrogen) atoms. The molecule has 1 atom stereocenters. The first kappa shape index (κ1) is 36.7. The van der Waals surface area contributed by atoms with E-state index in [1.807, 2.05) is 60.0 Å². The van der Waals surface area contributed by atoms with E-state index in [9.17, 15) is 19.5 Å². The van der Waals surface area contributed by atoms with Crippen molar-refractivity contribution in [1.82, 2.24) is 10.3 Å². The second kappa shape index (κ2) is 17.0. The van der Waals surface area contributed by atoms with Crippen LogP contribution in [0.15, 0.2) is 162 Å². The third kappa shape index (κ3) is 9.10. The molecular weight excluding hydrogens is 729 g/mol. The number of carbonyl (C=O) groups is 3. The van der Waals surface area contributed by atoms with Crippen LogP contribution in [-0.2, 0) is 9.59 Å². The van der Waals surface area contributed by atoms with Gasteiger partial charge in [0, 0.05) is 38.7 Å². The monoisotopic (exact) mass is 762 g/mol. The lowest BCUT2D eigenvalue weighted by atomic mass is 10.1. The molecule has 272 valence electrons. The highest BCUT2D eigenvalue weighted by Crippen LogP contribution is 2.38. The summed E-state index contributed by atoms with van der Waals surface area (Å²) >= 11 is 2.69. The number of nitrogens with zero attached hydrogens (tertiary/aromatic N) is 1. The Hall–Kier alpha value is -6.69. The number of fused-ring (bicyclic) bond motifs is 1. The summed E-state index contributed by atoms with van der Waals surface area (Å²) in [6, 6.07) is 43.9. The van der Waals surface area contributed by atoms with Gasteiger partial charge in [-0.2, -0.15) is 0 Å². The van der Waals surface area contributed by atoms with Gasteiger partial charge >= 0.3 is 0 Å². The summed E-state index contributed by atoms with van der Waals surface area (Å²) in [6.07, 6.45) is 1.48. The van der Waals surface area contributed by atoms with Gasteiger partial charge in [-0.15, -0.1) is 23.1 Å². The average Bonchev–Trinajstić information content (AvgIpc) is 3.69. The van der Waals surface area contributed by atoms with Crippen molar-refractivity contribution in [2.75, 3.05) is 17.7 Å². The van der Waals surface area contributed by atoms with Crippen LogP contribution in [0.5, 0.6) is 11.5 Å². The highest BCUT2D eigenvalue weighted by Gasteiger charge is 2.24. The van der Waals surface area contributed by atoms with E-state index in [0.29, 0.717) is 27.7 Å². The summed E-state index contributed by atoms with van der Waals surface area (Å²) in [5.41, 5.74) is 3.75. The SMILES string of the molecule is COc1cc(O)ccc1/C=C(/NC(=O)c1ccccc1)C(=O)Nc1cccc(SC(C(=O)Nc2nc(-c3ccc4ccccc4c3)cs2)c2ccccc2)c1. The number of nitrogens with one attached hydrogen (secondary N) is 3. The second-order valence-corrected chi connectivity index (χ2v) is 14.3. The minimum Gasteiger partial charge on any atom is -0.508 e. The number of ether oxygens (including phenoxy) is 1. The number of hydrogen-bond acceptors (Lipinski definition) is 8. The van der Waals surface area contributed by atoms with Crippen molar-refractivity contribution in [3.05, 3.63) is 173 Å². The number of anilines is 2. The van der Waals surface area contributed by atoms with Gasteiger partial charge in [-0.25, -0.2) is 4.98 Å². The van der Waals surface area contributed by atoms with E-state index in [0.717, 1.165) is 32.5 Å². The molecule has 7 rings (SSSR count). The number of aromatic nitrogens is 1. The Labute approximate surface area is 325 Å². The zero-order valence-electron chi connectivity index (χ0n) is 29.4. The first-order valence-corrected chi connectivity index (χ1v) is 18.9. The van der Waals surface area contributed by atoms with E-state index in [4.69, 9.17) is 9.72 Å². The standard InChI is InChI=1S/C44H34N4O5S2/c1-53-39-26-35(49)22-21-33(39)24-37(46-41(50)30-14-6-3-7-15-30)42(51)45-34-17-10-18-36(25-34)55-40(29-12-4-2-5-13-29)43(52)48-44-47-38(27-54-44)32-20-19-28-11-8-9-16-31(28)23-32/h2-27,40,49H,1H3,(H,45,51)(H,46,50)(H,47,48,52)/b37-24+. The minimum absolute atomic E-state index is 0.0115. The molecule has 0 saturated heterocycles. The van der Waals surface area contributed by atoms with Crippen molar-refractivity contribution in [3.63, 3.8) is 0 Å². The Morgan fingerprint density at radius 2 is 1.53 bits per heavy atom. The van der Waals surface area contributed by atoms with Crippen LogP contribution in [0, 0.1) is 0 Å². The van der Waals surface area contributed by atoms with Crippen LogP contribution in [-0.4, -0.2) is 34.9 Å². The molecule has 0 spiro atoms. The predicted octanol–water partition coefficient (Wildman–Crippen LogP) is 9.56. The number of thiazole rings is 1. The van der Waals surface area contributed by atoms with Crippen LogP contribution in [0.3, 0.4) is 0 Å². The molecule has 1 aromatic heterocycles. The highest BCUT2D eigenvalue weighted by molar-refractivity contribution is 8.00. The Morgan fingerprint density at radius 1 is 0.782 bits per heavy atom. The molecule has 0 aliphatic rings. The van der Waals surface area contributed by atoms with E-state index < -0.39 is 17.1 Å². The summed E-state index contributed by atoms with van der Waals surface area (Å²) in [4.78, 5) is 46.4. The van der Waals surface area contributed by atoms with Crippen LogP contribution < -0.4 is 20.7 Å². The fourth-order valence-corrected chi connectivity index (χ4v) is 7.59. The van der Waals surface area contributed by atoms with Gasteiger partial charge in [-0.05, 0) is 70.9 Å². The van der Waals surface area contributed by atoms with Gasteiger partial charge in [-0.3, -0.25) is 14.4 Å². The molecule has 6 aromatic carbocycles. The van der Waals surface area contributed by atoms with Crippen LogP contribution >= 0.6 is 23.1 Å². The number of thioether (sulfide) groups is 1. The Balaban J connectivity index is 1.11. The van der Waals surface area contributed by atoms with E-state index >= 15 is 0 Å². The van der Waals surface area contributed by atoms with Crippen molar-refractivity contribution >= 4 is 68.5 Å². The lowest BCUT2D eigenvalue weighted by molar-refractivity contribution is -0.116. The van der Waals surface area contributed by atoms with Crippen molar-refractivity contribution in [3.8, 4) is 22.8 Å². The second-order valence-electron chi connectivity index (χ2n) is 12.3. The number of carbonyl (C=O) groups excluding carboxylic acids is 3. The molecule has 1 heterocycles. The van der Waals surface area contributed by atoms with Gasteiger partial charge in [0.1, 0.15) is 22.4 Å². The van der Waals surface area contributed by atoms with Crippen LogP contribution in [0.4, 0.5) is 10.8 Å². The van der Waals surface area contributed by atoms with E-state index in [-0.39, 0.29) is 17.4 Å². The molecule has 7 aromatic rings. The minimum atomic E-state index is -0.650. The maximum Gasteiger partial charge on any atom is 0.272 e. The van der Waals surface area contributed by atoms with Gasteiger partial charge in [0.15, 0.2) is 5.13 Å². The first-order valence-electron chi connectivity index (χ1n) is 17.2. The van der Waals surface area contributed by atoms with Gasteiger partial charge in [0.05, 0.1) is 12.8 Å². The Kier molecular flexibility index (Phi) is 11.3. The number of rotatable bonds is 12. The smallest absolute Gasteiger partial charge is 0.272 e. The van der Waals surface area contributed by atoms with Gasteiger partial charge < -0.3 is 25.8 Å². The zero-order valence-corrected chi connectivity index (χ0v) is 31.1. The summed E-state index contributed by atoms with van der Waals surface area (Å²) in [5.74, 6) is -1.02. The van der Waals surface area contributed by atoms with Crippen LogP contribution in [0.2, 0.25) is 0 Å². The molecule has 0 fully saturated rings. The Bertz CT molecular complexity index is 2520. The molecule has 3 amide bonds. The van der Waals surface area contributed by atoms with Crippen molar-refractivity contribution in [2.24, 2.45) is 0 Å². The van der Waals surface area contributed by atoms with Gasteiger partial charge in [0.25, 0.3) is 11.8 Å². The zero-order chi connectivity index (χ0) is 38.1. The third-order valence-corrected chi connectivity index (χ3v) is 10.5. The highest BCUT2D eigenvalue weighted by atomic mass is 32.2. The molecule has 11 heteroatoms. The number of amides is 3. The summed E-state index contributed by atoms with van der Waals surface area (Å²) < 4.78 is 5.41. The summed E-state index contributed by atoms with van der Waals surface area (Å²) in [5, 5.41) is 22.6. The molecule has 9 nitrogen and oxygen atoms in total. The van der Waals surface area contributed by atoms with Gasteiger partial charge in [0.2, 0.25) is 5.91 Å². The van der Waals surface area contributed by atoms with Crippen LogP contribution in [0.25, 0.3) is 28.1 Å².